The van der Waals surface area contributed by atoms with E-state index >= 15 is 0 Å². The third-order valence-electron chi connectivity index (χ3n) is 3.33. The predicted octanol–water partition coefficient (Wildman–Crippen LogP) is 4.14. The lowest BCUT2D eigenvalue weighted by Crippen LogP contribution is -2.41. The number of alkyl halides is 3. The Bertz CT molecular complexity index is 855. The molecule has 0 N–H and O–H groups in total. The van der Waals surface area contributed by atoms with Gasteiger partial charge in [-0.25, -0.2) is 9.59 Å². The molecular formula is C16H11F3O4S. The van der Waals surface area contributed by atoms with Crippen molar-refractivity contribution < 1.29 is 32.2 Å². The van der Waals surface area contributed by atoms with Gasteiger partial charge in [0.25, 0.3) is 5.79 Å². The van der Waals surface area contributed by atoms with Gasteiger partial charge in [0.15, 0.2) is 0 Å². The Balaban J connectivity index is 1.99. The molecule has 0 saturated carbocycles. The first-order valence-corrected chi connectivity index (χ1v) is 7.72. The number of fused-ring (bicyclic) bond motifs is 1. The first-order valence-electron chi connectivity index (χ1n) is 6.84. The molecule has 0 atom stereocenters. The van der Waals surface area contributed by atoms with Crippen LogP contribution in [0.15, 0.2) is 29.2 Å². The van der Waals surface area contributed by atoms with Gasteiger partial charge >= 0.3 is 18.1 Å². The van der Waals surface area contributed by atoms with E-state index in [0.29, 0.717) is 10.3 Å². The van der Waals surface area contributed by atoms with Crippen molar-refractivity contribution in [1.29, 1.82) is 0 Å². The van der Waals surface area contributed by atoms with Gasteiger partial charge in [-0.3, -0.25) is 0 Å². The zero-order valence-electron chi connectivity index (χ0n) is 12.6. The van der Waals surface area contributed by atoms with Crippen LogP contribution in [0.1, 0.15) is 25.0 Å². The highest BCUT2D eigenvalue weighted by Crippen LogP contribution is 2.39. The fourth-order valence-corrected chi connectivity index (χ4v) is 3.31. The van der Waals surface area contributed by atoms with Crippen LogP contribution in [-0.4, -0.2) is 17.7 Å². The molecule has 0 unspecified atom stereocenters. The molecule has 1 saturated heterocycles. The molecule has 8 heteroatoms. The summed E-state index contributed by atoms with van der Waals surface area (Å²) < 4.78 is 49.0. The summed E-state index contributed by atoms with van der Waals surface area (Å²) in [5.74, 6) is -3.01. The number of rotatable bonds is 1. The Hall–Kier alpha value is -2.35. The van der Waals surface area contributed by atoms with Gasteiger partial charge in [0, 0.05) is 29.3 Å². The van der Waals surface area contributed by atoms with Crippen molar-refractivity contribution in [3.8, 4) is 0 Å². The summed E-state index contributed by atoms with van der Waals surface area (Å²) in [5, 5.41) is 1.11. The van der Waals surface area contributed by atoms with E-state index in [4.69, 9.17) is 9.47 Å². The smallest absolute Gasteiger partial charge is 0.417 e. The van der Waals surface area contributed by atoms with Crippen LogP contribution in [0.5, 0.6) is 0 Å². The van der Waals surface area contributed by atoms with E-state index in [1.807, 2.05) is 0 Å². The molecule has 0 bridgehead atoms. The highest BCUT2D eigenvalue weighted by Gasteiger charge is 2.39. The Morgan fingerprint density at radius 2 is 1.75 bits per heavy atom. The summed E-state index contributed by atoms with van der Waals surface area (Å²) in [7, 11) is 0. The molecule has 3 rings (SSSR count). The second-order valence-electron chi connectivity index (χ2n) is 5.64. The number of ether oxygens (including phenoxy) is 2. The van der Waals surface area contributed by atoms with Gasteiger partial charge in [-0.1, -0.05) is 12.1 Å². The minimum Gasteiger partial charge on any atom is -0.419 e. The van der Waals surface area contributed by atoms with Gasteiger partial charge < -0.3 is 9.47 Å². The first-order chi connectivity index (χ1) is 11.1. The number of carbonyl (C=O) groups excluding carboxylic acids is 2. The number of thiophene rings is 1. The molecule has 0 aliphatic carbocycles. The van der Waals surface area contributed by atoms with Crippen molar-refractivity contribution in [2.45, 2.75) is 25.8 Å². The molecule has 2 heterocycles. The van der Waals surface area contributed by atoms with Gasteiger partial charge in [0.2, 0.25) is 0 Å². The van der Waals surface area contributed by atoms with Gasteiger partial charge in [-0.05, 0) is 17.7 Å². The number of hydrogen-bond donors (Lipinski definition) is 0. The number of halogens is 3. The minimum atomic E-state index is -4.43. The van der Waals surface area contributed by atoms with Crippen LogP contribution in [0.4, 0.5) is 13.2 Å². The van der Waals surface area contributed by atoms with Gasteiger partial charge in [-0.15, -0.1) is 11.3 Å². The van der Waals surface area contributed by atoms with Crippen molar-refractivity contribution in [3.05, 3.63) is 40.3 Å². The number of esters is 2. The molecule has 0 spiro atoms. The fourth-order valence-electron chi connectivity index (χ4n) is 2.30. The average molecular weight is 356 g/mol. The minimum absolute atomic E-state index is 0.0737. The van der Waals surface area contributed by atoms with Gasteiger partial charge in [-0.2, -0.15) is 13.2 Å². The Morgan fingerprint density at radius 3 is 2.33 bits per heavy atom. The number of carbonyl (C=O) groups is 2. The molecule has 0 amide bonds. The van der Waals surface area contributed by atoms with E-state index in [0.717, 1.165) is 16.7 Å². The Morgan fingerprint density at radius 1 is 1.12 bits per heavy atom. The average Bonchev–Trinajstić information content (AvgIpc) is 2.84. The topological polar surface area (TPSA) is 52.6 Å². The second-order valence-corrected chi connectivity index (χ2v) is 6.55. The molecular weight excluding hydrogens is 345 g/mol. The zero-order chi connectivity index (χ0) is 17.7. The SMILES string of the molecule is CC1(C)OC(=O)C(=Cc2ccc3c(C(F)(F)F)csc3c2)C(=O)O1. The fraction of sp³-hybridized carbons (Fsp3) is 0.250. The van der Waals surface area contributed by atoms with E-state index < -0.39 is 29.5 Å². The van der Waals surface area contributed by atoms with Crippen LogP contribution in [0.2, 0.25) is 0 Å². The standard InChI is InChI=1S/C16H11F3O4S/c1-15(2)22-13(20)10(14(21)23-15)5-8-3-4-9-11(16(17,18)19)7-24-12(9)6-8/h3-7H,1-2H3. The maximum Gasteiger partial charge on any atom is 0.417 e. The molecule has 0 radical (unpaired) electrons. The Kier molecular flexibility index (Phi) is 3.67. The molecule has 1 fully saturated rings. The molecule has 24 heavy (non-hydrogen) atoms. The summed E-state index contributed by atoms with van der Waals surface area (Å²) in [6, 6.07) is 4.19. The quantitative estimate of drug-likeness (QED) is 0.438. The van der Waals surface area contributed by atoms with Gasteiger partial charge in [0.1, 0.15) is 5.57 Å². The molecule has 4 nitrogen and oxygen atoms in total. The highest BCUT2D eigenvalue weighted by molar-refractivity contribution is 7.17. The lowest BCUT2D eigenvalue weighted by Gasteiger charge is -2.29. The number of hydrogen-bond acceptors (Lipinski definition) is 5. The monoisotopic (exact) mass is 356 g/mol. The molecule has 1 aromatic carbocycles. The largest absolute Gasteiger partial charge is 0.419 e. The van der Waals surface area contributed by atoms with Crippen LogP contribution in [0.3, 0.4) is 0 Å². The lowest BCUT2D eigenvalue weighted by atomic mass is 10.1. The van der Waals surface area contributed by atoms with Crippen LogP contribution in [-0.2, 0) is 25.2 Å². The maximum atomic E-state index is 12.9. The van der Waals surface area contributed by atoms with E-state index in [1.165, 1.54) is 38.1 Å². The van der Waals surface area contributed by atoms with Crippen molar-refractivity contribution >= 4 is 39.4 Å². The van der Waals surface area contributed by atoms with E-state index in [2.05, 4.69) is 0 Å². The lowest BCUT2D eigenvalue weighted by molar-refractivity contribution is -0.222. The van der Waals surface area contributed by atoms with Crippen molar-refractivity contribution in [1.82, 2.24) is 0 Å². The normalized spacial score (nSPS) is 17.6. The van der Waals surface area contributed by atoms with Gasteiger partial charge in [0.05, 0.1) is 5.56 Å². The van der Waals surface area contributed by atoms with Crippen molar-refractivity contribution in [3.63, 3.8) is 0 Å². The summed E-state index contributed by atoms with van der Waals surface area (Å²) >= 11 is 0.937. The van der Waals surface area contributed by atoms with E-state index in [1.54, 1.807) is 0 Å². The van der Waals surface area contributed by atoms with Crippen LogP contribution in [0.25, 0.3) is 16.2 Å². The molecule has 2 aromatic rings. The third kappa shape index (κ3) is 3.01. The molecule has 1 aromatic heterocycles. The van der Waals surface area contributed by atoms with Crippen LogP contribution >= 0.6 is 11.3 Å². The highest BCUT2D eigenvalue weighted by atomic mass is 32.1. The first kappa shape index (κ1) is 16.5. The second kappa shape index (κ2) is 5.34. The van der Waals surface area contributed by atoms with Crippen LogP contribution < -0.4 is 0 Å². The summed E-state index contributed by atoms with van der Waals surface area (Å²) in [4.78, 5) is 23.8. The zero-order valence-corrected chi connectivity index (χ0v) is 13.4. The van der Waals surface area contributed by atoms with Crippen molar-refractivity contribution in [2.75, 3.05) is 0 Å². The van der Waals surface area contributed by atoms with E-state index in [9.17, 15) is 22.8 Å². The van der Waals surface area contributed by atoms with Crippen molar-refractivity contribution in [2.24, 2.45) is 0 Å². The summed E-state index contributed by atoms with van der Waals surface area (Å²) in [6.45, 7) is 2.85. The molecule has 1 aliphatic heterocycles. The molecule has 1 aliphatic rings. The predicted molar refractivity (Wildman–Crippen MR) is 81.1 cm³/mol. The van der Waals surface area contributed by atoms with Crippen LogP contribution in [0, 0.1) is 0 Å². The number of cyclic esters (lactones) is 2. The third-order valence-corrected chi connectivity index (χ3v) is 4.28. The number of benzene rings is 1. The summed E-state index contributed by atoms with van der Waals surface area (Å²) in [6.07, 6.45) is -3.19. The van der Waals surface area contributed by atoms with E-state index in [-0.39, 0.29) is 11.0 Å². The maximum absolute atomic E-state index is 12.9. The Labute approximate surface area is 138 Å². The molecule has 126 valence electrons. The summed E-state index contributed by atoms with van der Waals surface area (Å²) in [5.41, 5.74) is -0.608.